The van der Waals surface area contributed by atoms with Gasteiger partial charge in [0.2, 0.25) is 0 Å². The minimum Gasteiger partial charge on any atom is -0.311 e. The summed E-state index contributed by atoms with van der Waals surface area (Å²) in [4.78, 5) is 23.5. The van der Waals surface area contributed by atoms with Crippen LogP contribution >= 0.6 is 11.3 Å². The van der Waals surface area contributed by atoms with E-state index in [-0.39, 0.29) is 11.5 Å². The molecule has 17 heavy (non-hydrogen) atoms. The number of hydrazine groups is 1. The Labute approximate surface area is 101 Å². The molecule has 0 aliphatic carbocycles. The van der Waals surface area contributed by atoms with Crippen molar-refractivity contribution in [1.82, 2.24) is 9.99 Å². The molecule has 0 spiro atoms. The van der Waals surface area contributed by atoms with E-state index in [9.17, 15) is 9.59 Å². The number of aromatic nitrogens is 1. The first-order valence-electron chi connectivity index (χ1n) is 4.95. The number of hydrogen-bond donors (Lipinski definition) is 2. The average molecular weight is 249 g/mol. The van der Waals surface area contributed by atoms with E-state index >= 15 is 0 Å². The Morgan fingerprint density at radius 1 is 1.41 bits per heavy atom. The van der Waals surface area contributed by atoms with Gasteiger partial charge in [0.1, 0.15) is 0 Å². The number of carbonyl (C=O) groups excluding carboxylic acids is 1. The molecule has 0 unspecified atom stereocenters. The lowest BCUT2D eigenvalue weighted by Gasteiger charge is -2.05. The van der Waals surface area contributed by atoms with E-state index in [1.54, 1.807) is 23.7 Å². The molecule has 2 aromatic heterocycles. The number of pyridine rings is 1. The highest BCUT2D eigenvalue weighted by Gasteiger charge is 2.12. The Morgan fingerprint density at radius 3 is 2.94 bits per heavy atom. The molecule has 5 nitrogen and oxygen atoms in total. The number of thiophene rings is 1. The van der Waals surface area contributed by atoms with Gasteiger partial charge in [0.05, 0.1) is 11.4 Å². The van der Waals surface area contributed by atoms with Crippen LogP contribution in [0.25, 0.3) is 0 Å². The maximum atomic E-state index is 11.5. The van der Waals surface area contributed by atoms with E-state index in [0.717, 1.165) is 5.56 Å². The van der Waals surface area contributed by atoms with Crippen LogP contribution in [0.15, 0.2) is 40.6 Å². The number of nitrogens with two attached hydrogens (primary N) is 1. The summed E-state index contributed by atoms with van der Waals surface area (Å²) >= 11 is 1.30. The highest BCUT2D eigenvalue weighted by atomic mass is 32.1. The second-order valence-electron chi connectivity index (χ2n) is 3.42. The predicted molar refractivity (Wildman–Crippen MR) is 65.8 cm³/mol. The van der Waals surface area contributed by atoms with Crippen molar-refractivity contribution < 1.29 is 4.79 Å². The van der Waals surface area contributed by atoms with Crippen molar-refractivity contribution in [3.8, 4) is 0 Å². The molecule has 2 aromatic rings. The number of nitrogen functional groups attached to an aromatic ring is 1. The van der Waals surface area contributed by atoms with E-state index in [1.807, 2.05) is 6.07 Å². The quantitative estimate of drug-likeness (QED) is 0.474. The zero-order valence-corrected chi connectivity index (χ0v) is 9.74. The molecule has 2 rings (SSSR count). The van der Waals surface area contributed by atoms with Crippen LogP contribution in [0.3, 0.4) is 0 Å². The molecule has 0 aromatic carbocycles. The van der Waals surface area contributed by atoms with E-state index in [2.05, 4.69) is 5.43 Å². The third kappa shape index (κ3) is 2.43. The van der Waals surface area contributed by atoms with Crippen LogP contribution in [0.4, 0.5) is 0 Å². The van der Waals surface area contributed by atoms with Crippen molar-refractivity contribution in [2.45, 2.75) is 6.54 Å². The van der Waals surface area contributed by atoms with Gasteiger partial charge in [-0.05, 0) is 23.1 Å². The number of amides is 1. The summed E-state index contributed by atoms with van der Waals surface area (Å²) in [5.74, 6) is 4.76. The fourth-order valence-electron chi connectivity index (χ4n) is 1.50. The molecule has 0 saturated carbocycles. The SMILES string of the molecule is NNC(=O)c1sccc1Cn1ccccc1=O. The highest BCUT2D eigenvalue weighted by molar-refractivity contribution is 7.12. The molecule has 0 radical (unpaired) electrons. The summed E-state index contributed by atoms with van der Waals surface area (Å²) in [6.07, 6.45) is 1.68. The van der Waals surface area contributed by atoms with Gasteiger partial charge in [-0.15, -0.1) is 11.3 Å². The van der Waals surface area contributed by atoms with Crippen LogP contribution in [-0.2, 0) is 6.54 Å². The molecule has 2 heterocycles. The molecule has 3 N–H and O–H groups in total. The number of hydrogen-bond acceptors (Lipinski definition) is 4. The predicted octanol–water partition coefficient (Wildman–Crippen LogP) is 0.562. The smallest absolute Gasteiger partial charge is 0.275 e. The van der Waals surface area contributed by atoms with Gasteiger partial charge in [0, 0.05) is 12.3 Å². The van der Waals surface area contributed by atoms with E-state index < -0.39 is 0 Å². The lowest BCUT2D eigenvalue weighted by Crippen LogP contribution is -2.30. The van der Waals surface area contributed by atoms with Gasteiger partial charge in [-0.1, -0.05) is 6.07 Å². The standard InChI is InChI=1S/C11H11N3O2S/c12-13-11(16)10-8(4-6-17-10)7-14-5-2-1-3-9(14)15/h1-6H,7,12H2,(H,13,16). The fraction of sp³-hybridized carbons (Fsp3) is 0.0909. The Morgan fingerprint density at radius 2 is 2.24 bits per heavy atom. The molecule has 0 fully saturated rings. The Bertz CT molecular complexity index is 588. The molecule has 6 heteroatoms. The maximum Gasteiger partial charge on any atom is 0.275 e. The lowest BCUT2D eigenvalue weighted by atomic mass is 10.2. The van der Waals surface area contributed by atoms with Crippen molar-refractivity contribution in [3.05, 3.63) is 56.6 Å². The van der Waals surface area contributed by atoms with Crippen molar-refractivity contribution in [3.63, 3.8) is 0 Å². The second kappa shape index (κ2) is 4.94. The molecule has 0 saturated heterocycles. The minimum absolute atomic E-state index is 0.0993. The van der Waals surface area contributed by atoms with Crippen LogP contribution in [-0.4, -0.2) is 10.5 Å². The van der Waals surface area contributed by atoms with Gasteiger partial charge in [-0.25, -0.2) is 5.84 Å². The van der Waals surface area contributed by atoms with E-state index in [1.165, 1.54) is 22.0 Å². The topological polar surface area (TPSA) is 77.1 Å². The first kappa shape index (κ1) is 11.6. The molecule has 88 valence electrons. The van der Waals surface area contributed by atoms with Gasteiger partial charge in [-0.2, -0.15) is 0 Å². The number of nitrogens with zero attached hydrogens (tertiary/aromatic N) is 1. The Kier molecular flexibility index (Phi) is 3.36. The first-order chi connectivity index (χ1) is 8.22. The van der Waals surface area contributed by atoms with Crippen LogP contribution in [0.2, 0.25) is 0 Å². The van der Waals surface area contributed by atoms with Crippen LogP contribution in [0.1, 0.15) is 15.2 Å². The number of nitrogens with one attached hydrogen (secondary N) is 1. The van der Waals surface area contributed by atoms with Crippen molar-refractivity contribution in [1.29, 1.82) is 0 Å². The summed E-state index contributed by atoms with van der Waals surface area (Å²) in [5, 5.41) is 1.80. The van der Waals surface area contributed by atoms with Gasteiger partial charge in [-0.3, -0.25) is 15.0 Å². The number of rotatable bonds is 3. The zero-order valence-electron chi connectivity index (χ0n) is 8.92. The summed E-state index contributed by atoms with van der Waals surface area (Å²) in [6, 6.07) is 6.75. The highest BCUT2D eigenvalue weighted by Crippen LogP contribution is 2.17. The zero-order chi connectivity index (χ0) is 12.3. The molecule has 0 aliphatic rings. The molecule has 0 aliphatic heterocycles. The van der Waals surface area contributed by atoms with Gasteiger partial charge in [0.15, 0.2) is 0 Å². The van der Waals surface area contributed by atoms with E-state index in [4.69, 9.17) is 5.84 Å². The van der Waals surface area contributed by atoms with Crippen LogP contribution in [0.5, 0.6) is 0 Å². The molecule has 1 amide bonds. The molecular weight excluding hydrogens is 238 g/mol. The molecule has 0 bridgehead atoms. The van der Waals surface area contributed by atoms with Gasteiger partial charge < -0.3 is 4.57 Å². The first-order valence-corrected chi connectivity index (χ1v) is 5.83. The maximum absolute atomic E-state index is 11.5. The van der Waals surface area contributed by atoms with Crippen LogP contribution < -0.4 is 16.8 Å². The normalized spacial score (nSPS) is 10.2. The van der Waals surface area contributed by atoms with Crippen molar-refractivity contribution in [2.75, 3.05) is 0 Å². The monoisotopic (exact) mass is 249 g/mol. The summed E-state index contributed by atoms with van der Waals surface area (Å²) in [5.41, 5.74) is 2.78. The lowest BCUT2D eigenvalue weighted by molar-refractivity contribution is 0.0957. The third-order valence-corrected chi connectivity index (χ3v) is 3.28. The minimum atomic E-state index is -0.334. The summed E-state index contributed by atoms with van der Waals surface area (Å²) in [7, 11) is 0. The van der Waals surface area contributed by atoms with Gasteiger partial charge >= 0.3 is 0 Å². The summed E-state index contributed by atoms with van der Waals surface area (Å²) < 4.78 is 1.54. The fourth-order valence-corrected chi connectivity index (χ4v) is 2.32. The van der Waals surface area contributed by atoms with Gasteiger partial charge in [0.25, 0.3) is 11.5 Å². The van der Waals surface area contributed by atoms with Crippen molar-refractivity contribution >= 4 is 17.2 Å². The largest absolute Gasteiger partial charge is 0.311 e. The number of carbonyl (C=O) groups is 1. The van der Waals surface area contributed by atoms with Crippen molar-refractivity contribution in [2.24, 2.45) is 5.84 Å². The Balaban J connectivity index is 2.31. The Hall–Kier alpha value is -1.92. The average Bonchev–Trinajstić information content (AvgIpc) is 2.79. The third-order valence-electron chi connectivity index (χ3n) is 2.32. The van der Waals surface area contributed by atoms with E-state index in [0.29, 0.717) is 11.4 Å². The molecular formula is C11H11N3O2S. The summed E-state index contributed by atoms with van der Waals surface area (Å²) in [6.45, 7) is 0.367. The second-order valence-corrected chi connectivity index (χ2v) is 4.33. The van der Waals surface area contributed by atoms with Crippen LogP contribution in [0, 0.1) is 0 Å². The molecule has 0 atom stereocenters.